The van der Waals surface area contributed by atoms with Crippen molar-refractivity contribution in [1.29, 1.82) is 0 Å². The molecule has 136 valence electrons. The number of nitrogens with one attached hydrogen (secondary N) is 1. The van der Waals surface area contributed by atoms with E-state index in [0.717, 1.165) is 29.2 Å². The van der Waals surface area contributed by atoms with Crippen molar-refractivity contribution in [3.63, 3.8) is 0 Å². The standard InChI is InChI=1S/C17H13ClF3N3OS/c1-10-7-13(5-6-14(10)18)22-16-24(15(25)23-26-16)9-11-3-2-4-12(8-11)17(19,20)21/h2-8H,9H2,1H3,(H,23,25). The molecule has 4 nitrogen and oxygen atoms in total. The average Bonchev–Trinajstić information content (AvgIpc) is 2.91. The zero-order valence-corrected chi connectivity index (χ0v) is 15.0. The lowest BCUT2D eigenvalue weighted by atomic mass is 10.1. The van der Waals surface area contributed by atoms with E-state index in [1.165, 1.54) is 16.7 Å². The Labute approximate surface area is 155 Å². The molecule has 0 aliphatic carbocycles. The summed E-state index contributed by atoms with van der Waals surface area (Å²) in [5.74, 6) is 0. The van der Waals surface area contributed by atoms with Crippen molar-refractivity contribution >= 4 is 28.8 Å². The van der Waals surface area contributed by atoms with E-state index in [4.69, 9.17) is 11.6 Å². The van der Waals surface area contributed by atoms with Gasteiger partial charge in [-0.1, -0.05) is 23.7 Å². The Balaban J connectivity index is 2.00. The number of nitrogens with zero attached hydrogens (tertiary/aromatic N) is 2. The van der Waals surface area contributed by atoms with Crippen molar-refractivity contribution in [3.8, 4) is 0 Å². The normalized spacial score (nSPS) is 12.6. The number of rotatable bonds is 3. The molecule has 26 heavy (non-hydrogen) atoms. The van der Waals surface area contributed by atoms with E-state index in [1.54, 1.807) is 18.2 Å². The molecule has 0 spiro atoms. The van der Waals surface area contributed by atoms with Crippen LogP contribution in [0.25, 0.3) is 0 Å². The van der Waals surface area contributed by atoms with Gasteiger partial charge < -0.3 is 0 Å². The fourth-order valence-electron chi connectivity index (χ4n) is 2.35. The number of alkyl halides is 3. The highest BCUT2D eigenvalue weighted by Gasteiger charge is 2.30. The van der Waals surface area contributed by atoms with Crippen LogP contribution in [0, 0.1) is 6.92 Å². The third kappa shape index (κ3) is 4.08. The molecule has 9 heteroatoms. The summed E-state index contributed by atoms with van der Waals surface area (Å²) in [7, 11) is 0. The van der Waals surface area contributed by atoms with Gasteiger partial charge in [0, 0.05) is 5.02 Å². The van der Waals surface area contributed by atoms with Gasteiger partial charge >= 0.3 is 11.9 Å². The molecule has 2 aromatic carbocycles. The van der Waals surface area contributed by atoms with E-state index in [2.05, 4.69) is 9.37 Å². The van der Waals surface area contributed by atoms with Gasteiger partial charge in [0.15, 0.2) is 0 Å². The molecule has 3 rings (SSSR count). The van der Waals surface area contributed by atoms with Crippen molar-refractivity contribution in [1.82, 2.24) is 8.94 Å². The second kappa shape index (κ2) is 7.13. The van der Waals surface area contributed by atoms with Crippen molar-refractivity contribution in [2.75, 3.05) is 0 Å². The summed E-state index contributed by atoms with van der Waals surface area (Å²) in [5, 5.41) is 0.600. The summed E-state index contributed by atoms with van der Waals surface area (Å²) in [6.45, 7) is 1.81. The Kier molecular flexibility index (Phi) is 5.06. The van der Waals surface area contributed by atoms with Gasteiger partial charge in [-0.25, -0.2) is 9.79 Å². The fourth-order valence-corrected chi connectivity index (χ4v) is 3.16. The van der Waals surface area contributed by atoms with Gasteiger partial charge in [0.2, 0.25) is 4.80 Å². The number of aromatic nitrogens is 2. The Morgan fingerprint density at radius 3 is 2.69 bits per heavy atom. The zero-order valence-electron chi connectivity index (χ0n) is 13.5. The van der Waals surface area contributed by atoms with Crippen LogP contribution in [0.1, 0.15) is 16.7 Å². The molecule has 0 atom stereocenters. The van der Waals surface area contributed by atoms with Gasteiger partial charge in [0.25, 0.3) is 0 Å². The molecule has 0 bridgehead atoms. The van der Waals surface area contributed by atoms with Gasteiger partial charge in [-0.05, 0) is 59.9 Å². The molecule has 1 aromatic heterocycles. The SMILES string of the molecule is Cc1cc(N=c2s[nH]c(=O)n2Cc2cccc(C(F)(F)F)c2)ccc1Cl. The topological polar surface area (TPSA) is 50.1 Å². The number of hydrogen-bond acceptors (Lipinski definition) is 3. The Morgan fingerprint density at radius 1 is 1.23 bits per heavy atom. The Hall–Kier alpha value is -2.32. The zero-order chi connectivity index (χ0) is 18.9. The maximum Gasteiger partial charge on any atom is 0.416 e. The highest BCUT2D eigenvalue weighted by Crippen LogP contribution is 2.29. The molecule has 0 aliphatic rings. The van der Waals surface area contributed by atoms with Gasteiger partial charge in [0.05, 0.1) is 17.8 Å². The van der Waals surface area contributed by atoms with Crippen LogP contribution in [0.15, 0.2) is 52.3 Å². The smallest absolute Gasteiger partial charge is 0.263 e. The van der Waals surface area contributed by atoms with Gasteiger partial charge in [0.1, 0.15) is 0 Å². The van der Waals surface area contributed by atoms with Gasteiger partial charge in [-0.3, -0.25) is 8.94 Å². The molecule has 0 amide bonds. The van der Waals surface area contributed by atoms with Gasteiger partial charge in [-0.15, -0.1) is 0 Å². The predicted molar refractivity (Wildman–Crippen MR) is 94.9 cm³/mol. The molecule has 0 unspecified atom stereocenters. The summed E-state index contributed by atoms with van der Waals surface area (Å²) in [6.07, 6.45) is -4.43. The lowest BCUT2D eigenvalue weighted by Crippen LogP contribution is -2.27. The number of aromatic amines is 1. The average molecular weight is 400 g/mol. The van der Waals surface area contributed by atoms with Crippen LogP contribution < -0.4 is 10.5 Å². The maximum absolute atomic E-state index is 12.9. The minimum atomic E-state index is -4.43. The summed E-state index contributed by atoms with van der Waals surface area (Å²) in [4.78, 5) is 16.8. The summed E-state index contributed by atoms with van der Waals surface area (Å²) < 4.78 is 42.4. The van der Waals surface area contributed by atoms with Crippen molar-refractivity contribution in [2.45, 2.75) is 19.6 Å². The summed E-state index contributed by atoms with van der Waals surface area (Å²) in [6, 6.07) is 10.0. The molecule has 3 aromatic rings. The third-order valence-corrected chi connectivity index (χ3v) is 4.86. The van der Waals surface area contributed by atoms with Crippen LogP contribution in [-0.4, -0.2) is 8.94 Å². The van der Waals surface area contributed by atoms with Crippen LogP contribution in [0.5, 0.6) is 0 Å². The van der Waals surface area contributed by atoms with Gasteiger partial charge in [-0.2, -0.15) is 13.2 Å². The van der Waals surface area contributed by atoms with E-state index in [-0.39, 0.29) is 6.54 Å². The number of aryl methyl sites for hydroxylation is 1. The van der Waals surface area contributed by atoms with Crippen LogP contribution >= 0.6 is 23.1 Å². The van der Waals surface area contributed by atoms with Crippen LogP contribution in [0.4, 0.5) is 18.9 Å². The largest absolute Gasteiger partial charge is 0.416 e. The highest BCUT2D eigenvalue weighted by atomic mass is 35.5. The molecule has 0 radical (unpaired) electrons. The number of halogens is 4. The molecule has 0 aliphatic heterocycles. The lowest BCUT2D eigenvalue weighted by Gasteiger charge is -2.08. The Bertz CT molecular complexity index is 1070. The van der Waals surface area contributed by atoms with E-state index in [0.29, 0.717) is 21.1 Å². The van der Waals surface area contributed by atoms with Crippen LogP contribution in [-0.2, 0) is 12.7 Å². The summed E-state index contributed by atoms with van der Waals surface area (Å²) in [5.41, 5.74) is 0.601. The quantitative estimate of drug-likeness (QED) is 0.692. The van der Waals surface area contributed by atoms with E-state index >= 15 is 0 Å². The Morgan fingerprint density at radius 2 is 2.00 bits per heavy atom. The first-order valence-corrected chi connectivity index (χ1v) is 8.69. The van der Waals surface area contributed by atoms with E-state index in [9.17, 15) is 18.0 Å². The molecular formula is C17H13ClF3N3OS. The predicted octanol–water partition coefficient (Wildman–Crippen LogP) is 4.50. The first-order valence-electron chi connectivity index (χ1n) is 7.49. The number of benzene rings is 2. The van der Waals surface area contributed by atoms with Crippen LogP contribution in [0.3, 0.4) is 0 Å². The minimum absolute atomic E-state index is 0.0197. The molecule has 0 saturated carbocycles. The van der Waals surface area contributed by atoms with E-state index in [1.807, 2.05) is 6.92 Å². The van der Waals surface area contributed by atoms with Crippen LogP contribution in [0.2, 0.25) is 5.02 Å². The minimum Gasteiger partial charge on any atom is -0.263 e. The van der Waals surface area contributed by atoms with Crippen molar-refractivity contribution in [3.05, 3.63) is 79.5 Å². The van der Waals surface area contributed by atoms with Crippen molar-refractivity contribution in [2.24, 2.45) is 4.99 Å². The van der Waals surface area contributed by atoms with E-state index < -0.39 is 17.4 Å². The summed E-state index contributed by atoms with van der Waals surface area (Å²) >= 11 is 7.00. The molecule has 1 N–H and O–H groups in total. The number of H-pyrrole nitrogens is 1. The number of hydrogen-bond donors (Lipinski definition) is 1. The lowest BCUT2D eigenvalue weighted by molar-refractivity contribution is -0.137. The maximum atomic E-state index is 12.9. The third-order valence-electron chi connectivity index (χ3n) is 3.67. The fraction of sp³-hybridized carbons (Fsp3) is 0.176. The first-order chi connectivity index (χ1) is 12.2. The second-order valence-electron chi connectivity index (χ2n) is 5.62. The molecule has 0 saturated heterocycles. The molecular weight excluding hydrogens is 387 g/mol. The monoisotopic (exact) mass is 399 g/mol. The van der Waals surface area contributed by atoms with Crippen molar-refractivity contribution < 1.29 is 13.2 Å². The highest BCUT2D eigenvalue weighted by molar-refractivity contribution is 7.02. The first kappa shape index (κ1) is 18.5. The molecule has 0 fully saturated rings. The molecule has 1 heterocycles. The second-order valence-corrected chi connectivity index (χ2v) is 6.80.